The van der Waals surface area contributed by atoms with Crippen LogP contribution in [-0.4, -0.2) is 42.8 Å². The Morgan fingerprint density at radius 1 is 1.22 bits per heavy atom. The monoisotopic (exact) mass is 369 g/mol. The minimum atomic E-state index is 0.00555. The van der Waals surface area contributed by atoms with E-state index in [4.69, 9.17) is 9.47 Å². The molecule has 0 aromatic heterocycles. The lowest BCUT2D eigenvalue weighted by Crippen LogP contribution is -2.51. The molecule has 4 aliphatic rings. The maximum Gasteiger partial charge on any atom is 0.310 e. The molecule has 27 heavy (non-hydrogen) atoms. The van der Waals surface area contributed by atoms with Gasteiger partial charge in [0.25, 0.3) is 0 Å². The number of rotatable bonds is 4. The Morgan fingerprint density at radius 2 is 2.00 bits per heavy atom. The van der Waals surface area contributed by atoms with Crippen LogP contribution in [0.3, 0.4) is 0 Å². The smallest absolute Gasteiger partial charge is 0.310 e. The molecule has 2 heterocycles. The average molecular weight is 370 g/mol. The lowest BCUT2D eigenvalue weighted by Gasteiger charge is -2.51. The zero-order valence-electron chi connectivity index (χ0n) is 16.5. The molecule has 6 atom stereocenters. The molecule has 146 valence electrons. The van der Waals surface area contributed by atoms with Crippen LogP contribution in [0.5, 0.6) is 0 Å². The van der Waals surface area contributed by atoms with Crippen LogP contribution in [0.2, 0.25) is 0 Å². The maximum absolute atomic E-state index is 12.7. The Kier molecular flexibility index (Phi) is 4.14. The zero-order chi connectivity index (χ0) is 18.6. The SMILES string of the molecule is CN(Cc1ccccc1)C[C@@H]1C(=O)O[C@@H]2C[C@@]3(C)CCC[C@]4(CO4)[C@@H]3C[C@@H]12. The minimum absolute atomic E-state index is 0.00555. The number of fused-ring (bicyclic) bond motifs is 3. The van der Waals surface area contributed by atoms with Crippen LogP contribution in [-0.2, 0) is 20.8 Å². The first-order chi connectivity index (χ1) is 13.0. The number of benzene rings is 1. The van der Waals surface area contributed by atoms with Gasteiger partial charge in [-0.15, -0.1) is 0 Å². The van der Waals surface area contributed by atoms with Crippen molar-refractivity contribution < 1.29 is 14.3 Å². The average Bonchev–Trinajstić information content (AvgIpc) is 3.34. The zero-order valence-corrected chi connectivity index (χ0v) is 16.5. The summed E-state index contributed by atoms with van der Waals surface area (Å²) in [6.45, 7) is 5.00. The predicted octanol–water partition coefficient (Wildman–Crippen LogP) is 3.65. The number of hydrogen-bond acceptors (Lipinski definition) is 4. The fraction of sp³-hybridized carbons (Fsp3) is 0.696. The highest BCUT2D eigenvalue weighted by Crippen LogP contribution is 2.62. The Labute approximate surface area is 162 Å². The molecule has 1 aromatic carbocycles. The summed E-state index contributed by atoms with van der Waals surface area (Å²) in [7, 11) is 2.12. The van der Waals surface area contributed by atoms with E-state index in [1.54, 1.807) is 0 Å². The van der Waals surface area contributed by atoms with Crippen molar-refractivity contribution in [1.82, 2.24) is 4.90 Å². The van der Waals surface area contributed by atoms with Gasteiger partial charge in [0.15, 0.2) is 0 Å². The molecule has 1 aromatic rings. The molecule has 2 aliphatic heterocycles. The summed E-state index contributed by atoms with van der Waals surface area (Å²) in [5.41, 5.74) is 1.70. The first-order valence-corrected chi connectivity index (χ1v) is 10.6. The van der Waals surface area contributed by atoms with Crippen LogP contribution in [0.1, 0.15) is 44.6 Å². The molecule has 0 amide bonds. The number of carbonyl (C=O) groups is 1. The number of ether oxygens (including phenoxy) is 2. The van der Waals surface area contributed by atoms with E-state index in [0.717, 1.165) is 32.5 Å². The summed E-state index contributed by atoms with van der Waals surface area (Å²) in [6, 6.07) is 10.5. The summed E-state index contributed by atoms with van der Waals surface area (Å²) in [5.74, 6) is 0.980. The second-order valence-corrected chi connectivity index (χ2v) is 9.78. The number of epoxide rings is 1. The van der Waals surface area contributed by atoms with Crippen LogP contribution in [0.4, 0.5) is 0 Å². The standard InChI is InChI=1S/C23H31NO3/c1-22-9-6-10-23(15-26-23)20(22)11-17-18(21(25)27-19(17)12-22)14-24(2)13-16-7-4-3-5-8-16/h3-5,7-8,17-20H,6,9-15H2,1-2H3/t17-,18-,19+,20+,22+,23-/m0/s1. The second-order valence-electron chi connectivity index (χ2n) is 9.78. The van der Waals surface area contributed by atoms with E-state index in [0.29, 0.717) is 11.8 Å². The lowest BCUT2D eigenvalue weighted by molar-refractivity contribution is -0.147. The van der Waals surface area contributed by atoms with E-state index < -0.39 is 0 Å². The van der Waals surface area contributed by atoms with Crippen LogP contribution < -0.4 is 0 Å². The van der Waals surface area contributed by atoms with Crippen molar-refractivity contribution in [3.63, 3.8) is 0 Å². The van der Waals surface area contributed by atoms with E-state index in [1.807, 2.05) is 6.07 Å². The van der Waals surface area contributed by atoms with Gasteiger partial charge >= 0.3 is 5.97 Å². The Hall–Kier alpha value is -1.39. The molecule has 2 saturated carbocycles. The van der Waals surface area contributed by atoms with Gasteiger partial charge in [0, 0.05) is 19.0 Å². The van der Waals surface area contributed by atoms with E-state index in [-0.39, 0.29) is 29.0 Å². The van der Waals surface area contributed by atoms with Gasteiger partial charge in [0.1, 0.15) is 6.10 Å². The van der Waals surface area contributed by atoms with E-state index in [1.165, 1.54) is 24.8 Å². The van der Waals surface area contributed by atoms with Crippen LogP contribution >= 0.6 is 0 Å². The molecule has 0 radical (unpaired) electrons. The summed E-state index contributed by atoms with van der Waals surface area (Å²) in [5, 5.41) is 0. The Morgan fingerprint density at radius 3 is 2.74 bits per heavy atom. The first-order valence-electron chi connectivity index (χ1n) is 10.6. The third-order valence-corrected chi connectivity index (χ3v) is 7.88. The quantitative estimate of drug-likeness (QED) is 0.600. The molecule has 5 rings (SSSR count). The summed E-state index contributed by atoms with van der Waals surface area (Å²) < 4.78 is 11.9. The molecule has 4 fully saturated rings. The van der Waals surface area contributed by atoms with Crippen molar-refractivity contribution in [2.24, 2.45) is 23.2 Å². The molecular weight excluding hydrogens is 338 g/mol. The number of hydrogen-bond donors (Lipinski definition) is 0. The van der Waals surface area contributed by atoms with Gasteiger partial charge in [-0.2, -0.15) is 0 Å². The maximum atomic E-state index is 12.7. The number of nitrogens with zero attached hydrogens (tertiary/aromatic N) is 1. The first kappa shape index (κ1) is 17.7. The highest BCUT2D eigenvalue weighted by atomic mass is 16.6. The van der Waals surface area contributed by atoms with Gasteiger partial charge in [-0.25, -0.2) is 0 Å². The molecule has 2 saturated heterocycles. The minimum Gasteiger partial charge on any atom is -0.462 e. The Balaban J connectivity index is 1.31. The molecule has 0 unspecified atom stereocenters. The molecule has 2 aliphatic carbocycles. The van der Waals surface area contributed by atoms with Crippen LogP contribution in [0.25, 0.3) is 0 Å². The van der Waals surface area contributed by atoms with Crippen molar-refractivity contribution in [2.45, 2.75) is 57.3 Å². The van der Waals surface area contributed by atoms with Gasteiger partial charge in [0.2, 0.25) is 0 Å². The highest BCUT2D eigenvalue weighted by molar-refractivity contribution is 5.75. The highest BCUT2D eigenvalue weighted by Gasteiger charge is 2.65. The van der Waals surface area contributed by atoms with Crippen molar-refractivity contribution in [2.75, 3.05) is 20.2 Å². The molecule has 1 spiro atoms. The summed E-state index contributed by atoms with van der Waals surface area (Å²) in [6.07, 6.45) is 5.94. The second kappa shape index (κ2) is 6.31. The van der Waals surface area contributed by atoms with E-state index in [2.05, 4.69) is 43.1 Å². The number of carbonyl (C=O) groups excluding carboxylic acids is 1. The summed E-state index contributed by atoms with van der Waals surface area (Å²) in [4.78, 5) is 15.0. The van der Waals surface area contributed by atoms with Crippen molar-refractivity contribution >= 4 is 5.97 Å². The molecule has 0 N–H and O–H groups in total. The Bertz CT molecular complexity index is 716. The van der Waals surface area contributed by atoms with Gasteiger partial charge in [-0.05, 0) is 56.0 Å². The van der Waals surface area contributed by atoms with E-state index in [9.17, 15) is 4.79 Å². The largest absolute Gasteiger partial charge is 0.462 e. The van der Waals surface area contributed by atoms with Gasteiger partial charge in [-0.3, -0.25) is 4.79 Å². The van der Waals surface area contributed by atoms with E-state index >= 15 is 0 Å². The van der Waals surface area contributed by atoms with Crippen molar-refractivity contribution in [3.8, 4) is 0 Å². The normalized spacial score (nSPS) is 42.7. The lowest BCUT2D eigenvalue weighted by atomic mass is 9.53. The molecular formula is C23H31NO3. The molecule has 0 bridgehead atoms. The topological polar surface area (TPSA) is 42.1 Å². The van der Waals surface area contributed by atoms with Gasteiger partial charge in [0.05, 0.1) is 18.1 Å². The van der Waals surface area contributed by atoms with Gasteiger partial charge in [-0.1, -0.05) is 37.3 Å². The fourth-order valence-electron chi connectivity index (χ4n) is 6.46. The van der Waals surface area contributed by atoms with Gasteiger partial charge < -0.3 is 14.4 Å². The summed E-state index contributed by atoms with van der Waals surface area (Å²) >= 11 is 0. The third kappa shape index (κ3) is 3.01. The number of esters is 1. The van der Waals surface area contributed by atoms with Crippen LogP contribution in [0, 0.1) is 23.2 Å². The molecule has 4 nitrogen and oxygen atoms in total. The van der Waals surface area contributed by atoms with Crippen molar-refractivity contribution in [1.29, 1.82) is 0 Å². The fourth-order valence-corrected chi connectivity index (χ4v) is 6.46. The van der Waals surface area contributed by atoms with Crippen LogP contribution in [0.15, 0.2) is 30.3 Å². The van der Waals surface area contributed by atoms with Crippen molar-refractivity contribution in [3.05, 3.63) is 35.9 Å². The molecule has 4 heteroatoms. The predicted molar refractivity (Wildman–Crippen MR) is 103 cm³/mol. The third-order valence-electron chi connectivity index (χ3n) is 7.88.